The maximum absolute atomic E-state index is 16.0. The van der Waals surface area contributed by atoms with Crippen molar-refractivity contribution in [2.45, 2.75) is 29.8 Å². The number of esters is 2. The van der Waals surface area contributed by atoms with Crippen molar-refractivity contribution >= 4 is 23.5 Å². The van der Waals surface area contributed by atoms with Crippen molar-refractivity contribution < 1.29 is 33.1 Å². The molecule has 1 aromatic carbocycles. The summed E-state index contributed by atoms with van der Waals surface area (Å²) in [6.07, 6.45) is -1.60. The molecule has 0 spiro atoms. The number of benzene rings is 1. The highest BCUT2D eigenvalue weighted by Gasteiger charge is 2.76. The molecule has 8 nitrogen and oxygen atoms in total. The highest BCUT2D eigenvalue weighted by Crippen LogP contribution is 2.57. The first-order valence-electron chi connectivity index (χ1n) is 7.50. The van der Waals surface area contributed by atoms with E-state index in [0.29, 0.717) is 10.2 Å². The molecule has 0 unspecified atom stereocenters. The molecule has 2 aliphatic heterocycles. The summed E-state index contributed by atoms with van der Waals surface area (Å²) >= 11 is 5.87. The Balaban J connectivity index is 2.21. The van der Waals surface area contributed by atoms with E-state index in [1.54, 1.807) is 6.07 Å². The molecule has 0 aromatic heterocycles. The summed E-state index contributed by atoms with van der Waals surface area (Å²) in [5.41, 5.74) is -2.26. The largest absolute Gasteiger partial charge is 0.466 e. The number of nitrogens with zero attached hydrogens (tertiary/aromatic N) is 2. The van der Waals surface area contributed by atoms with Crippen LogP contribution in [0.1, 0.15) is 17.9 Å². The van der Waals surface area contributed by atoms with Crippen LogP contribution in [-0.2, 0) is 28.7 Å². The summed E-state index contributed by atoms with van der Waals surface area (Å²) in [6.45, 7) is 0. The first-order valence-corrected chi connectivity index (χ1v) is 7.88. The molecule has 0 radical (unpaired) electrons. The number of halogens is 2. The Hall–Kier alpha value is -2.25. The fourth-order valence-corrected chi connectivity index (χ4v) is 3.43. The van der Waals surface area contributed by atoms with Crippen LogP contribution >= 0.6 is 11.6 Å². The first-order chi connectivity index (χ1) is 12.3. The molecule has 3 atom stereocenters. The average molecular weight is 385 g/mol. The number of alkyl halides is 1. The molecule has 138 valence electrons. The predicted octanol–water partition coefficient (Wildman–Crippen LogP) is 1.65. The van der Waals surface area contributed by atoms with Crippen molar-refractivity contribution in [1.29, 1.82) is 5.26 Å². The zero-order valence-corrected chi connectivity index (χ0v) is 14.5. The number of rotatable bonds is 3. The molecule has 1 aromatic rings. The quantitative estimate of drug-likeness (QED) is 0.441. The van der Waals surface area contributed by atoms with E-state index in [0.717, 1.165) is 14.2 Å². The Morgan fingerprint density at radius 1 is 1.31 bits per heavy atom. The Morgan fingerprint density at radius 3 is 2.38 bits per heavy atom. The Kier molecular flexibility index (Phi) is 4.62. The number of hydrogen-bond donors (Lipinski definition) is 0. The minimum atomic E-state index is -2.49. The number of methoxy groups -OCH3 is 2. The molecule has 2 saturated heterocycles. The van der Waals surface area contributed by atoms with Gasteiger partial charge in [-0.2, -0.15) is 5.26 Å². The van der Waals surface area contributed by atoms with Gasteiger partial charge in [-0.1, -0.05) is 23.7 Å². The van der Waals surface area contributed by atoms with E-state index >= 15 is 4.39 Å². The molecule has 0 amide bonds. The minimum absolute atomic E-state index is 0.220. The average Bonchev–Trinajstić information content (AvgIpc) is 3.09. The van der Waals surface area contributed by atoms with Gasteiger partial charge in [0.25, 0.3) is 5.60 Å². The van der Waals surface area contributed by atoms with E-state index in [-0.39, 0.29) is 5.56 Å². The SMILES string of the molecule is COC(=O)C1(C(=O)OC)ON2O[C@H](C#N)C[C@@]2(F)[C@@H]1c1ccc(Cl)cc1. The van der Waals surface area contributed by atoms with E-state index in [2.05, 4.69) is 0 Å². The van der Waals surface area contributed by atoms with E-state index in [9.17, 15) is 9.59 Å². The molecule has 26 heavy (non-hydrogen) atoms. The van der Waals surface area contributed by atoms with Crippen LogP contribution in [-0.4, -0.2) is 48.9 Å². The lowest BCUT2D eigenvalue weighted by molar-refractivity contribution is -0.390. The molecule has 0 N–H and O–H groups in total. The highest BCUT2D eigenvalue weighted by molar-refractivity contribution is 6.30. The summed E-state index contributed by atoms with van der Waals surface area (Å²) < 4.78 is 25.3. The van der Waals surface area contributed by atoms with Crippen molar-refractivity contribution in [1.82, 2.24) is 5.23 Å². The Bertz CT molecular complexity index is 766. The van der Waals surface area contributed by atoms with Gasteiger partial charge in [0.2, 0.25) is 5.79 Å². The van der Waals surface area contributed by atoms with Gasteiger partial charge in [0.1, 0.15) is 0 Å². The highest BCUT2D eigenvalue weighted by atomic mass is 35.5. The van der Waals surface area contributed by atoms with E-state index < -0.39 is 41.8 Å². The predicted molar refractivity (Wildman–Crippen MR) is 82.8 cm³/mol. The van der Waals surface area contributed by atoms with Gasteiger partial charge in [-0.3, -0.25) is 4.84 Å². The van der Waals surface area contributed by atoms with Gasteiger partial charge in [-0.15, -0.1) is 0 Å². The zero-order valence-electron chi connectivity index (χ0n) is 13.8. The summed E-state index contributed by atoms with van der Waals surface area (Å²) in [5, 5.41) is 9.80. The molecule has 0 saturated carbocycles. The van der Waals surface area contributed by atoms with Gasteiger partial charge in [0, 0.05) is 11.4 Å². The second-order valence-electron chi connectivity index (χ2n) is 5.80. The summed E-state index contributed by atoms with van der Waals surface area (Å²) in [6, 6.07) is 7.61. The second kappa shape index (κ2) is 6.48. The van der Waals surface area contributed by atoms with Crippen LogP contribution in [0.5, 0.6) is 0 Å². The lowest BCUT2D eigenvalue weighted by Gasteiger charge is -2.30. The van der Waals surface area contributed by atoms with E-state index in [4.69, 9.17) is 36.0 Å². The van der Waals surface area contributed by atoms with Crippen LogP contribution in [0.4, 0.5) is 4.39 Å². The topological polar surface area (TPSA) is 98.1 Å². The normalized spacial score (nSPS) is 29.7. The van der Waals surface area contributed by atoms with Gasteiger partial charge in [0.15, 0.2) is 6.10 Å². The lowest BCUT2D eigenvalue weighted by atomic mass is 9.75. The van der Waals surface area contributed by atoms with Crippen molar-refractivity contribution in [3.8, 4) is 6.07 Å². The smallest absolute Gasteiger partial charge is 0.353 e. The number of fused-ring (bicyclic) bond motifs is 1. The maximum Gasteiger partial charge on any atom is 0.353 e. The van der Waals surface area contributed by atoms with E-state index in [1.807, 2.05) is 0 Å². The van der Waals surface area contributed by atoms with Crippen LogP contribution in [0.15, 0.2) is 24.3 Å². The number of ether oxygens (including phenoxy) is 2. The third kappa shape index (κ3) is 2.46. The summed E-state index contributed by atoms with van der Waals surface area (Å²) in [7, 11) is 2.06. The summed E-state index contributed by atoms with van der Waals surface area (Å²) in [5.74, 6) is -6.33. The number of carbonyl (C=O) groups excluding carboxylic acids is 2. The number of hydrogen-bond acceptors (Lipinski definition) is 8. The van der Waals surface area contributed by atoms with Crippen molar-refractivity contribution in [3.63, 3.8) is 0 Å². The second-order valence-corrected chi connectivity index (χ2v) is 6.23. The number of hydroxylamine groups is 2. The Morgan fingerprint density at radius 2 is 1.88 bits per heavy atom. The maximum atomic E-state index is 16.0. The molecule has 2 aliphatic rings. The van der Waals surface area contributed by atoms with Crippen LogP contribution < -0.4 is 0 Å². The number of nitriles is 1. The van der Waals surface area contributed by atoms with Crippen molar-refractivity contribution in [2.24, 2.45) is 0 Å². The third-order valence-corrected chi connectivity index (χ3v) is 4.65. The minimum Gasteiger partial charge on any atom is -0.466 e. The van der Waals surface area contributed by atoms with Gasteiger partial charge >= 0.3 is 11.9 Å². The molecular weight excluding hydrogens is 371 g/mol. The molecular formula is C16H14ClFN2O6. The third-order valence-electron chi connectivity index (χ3n) is 4.40. The standard InChI is InChI=1S/C16H14ClFN2O6/c1-23-13(21)16(14(22)24-2)12(9-3-5-10(17)6-4-9)15(18)7-11(8-19)25-20(15)26-16/h3-6,11-12H,7H2,1-2H3/t11-,12-,15-/m0/s1. The molecule has 2 fully saturated rings. The summed E-state index contributed by atoms with van der Waals surface area (Å²) in [4.78, 5) is 35.5. The molecule has 0 bridgehead atoms. The van der Waals surface area contributed by atoms with Crippen molar-refractivity contribution in [2.75, 3.05) is 14.2 Å². The molecule has 3 rings (SSSR count). The van der Waals surface area contributed by atoms with Gasteiger partial charge in [-0.05, 0) is 22.9 Å². The van der Waals surface area contributed by atoms with Crippen LogP contribution in [0.3, 0.4) is 0 Å². The monoisotopic (exact) mass is 384 g/mol. The van der Waals surface area contributed by atoms with Gasteiger partial charge in [0.05, 0.1) is 26.2 Å². The molecule has 10 heteroatoms. The first kappa shape index (κ1) is 18.5. The molecule has 0 aliphatic carbocycles. The fraction of sp³-hybridized carbons (Fsp3) is 0.438. The van der Waals surface area contributed by atoms with Crippen LogP contribution in [0, 0.1) is 11.3 Å². The molecule has 2 heterocycles. The van der Waals surface area contributed by atoms with Gasteiger partial charge < -0.3 is 9.47 Å². The number of carbonyl (C=O) groups is 2. The van der Waals surface area contributed by atoms with Crippen LogP contribution in [0.25, 0.3) is 0 Å². The lowest BCUT2D eigenvalue weighted by Crippen LogP contribution is -2.54. The zero-order chi connectivity index (χ0) is 19.1. The van der Waals surface area contributed by atoms with Crippen LogP contribution in [0.2, 0.25) is 5.02 Å². The van der Waals surface area contributed by atoms with E-state index in [1.165, 1.54) is 24.3 Å². The Labute approximate surface area is 152 Å². The van der Waals surface area contributed by atoms with Gasteiger partial charge in [-0.25, -0.2) is 18.8 Å². The van der Waals surface area contributed by atoms with Crippen molar-refractivity contribution in [3.05, 3.63) is 34.9 Å². The fourth-order valence-electron chi connectivity index (χ4n) is 3.30.